The van der Waals surface area contributed by atoms with Crippen LogP contribution < -0.4 is 10.5 Å². The van der Waals surface area contributed by atoms with Crippen molar-refractivity contribution in [3.8, 4) is 5.75 Å². The number of carbonyl (C=O) groups is 1. The van der Waals surface area contributed by atoms with E-state index >= 15 is 0 Å². The van der Waals surface area contributed by atoms with E-state index in [2.05, 4.69) is 0 Å². The monoisotopic (exact) mass is 310 g/mol. The van der Waals surface area contributed by atoms with E-state index in [0.717, 1.165) is 5.56 Å². The Morgan fingerprint density at radius 3 is 2.59 bits per heavy atom. The molecule has 0 bridgehead atoms. The van der Waals surface area contributed by atoms with E-state index in [-0.39, 0.29) is 23.8 Å². The molecule has 6 heteroatoms. The summed E-state index contributed by atoms with van der Waals surface area (Å²) in [6, 6.07) is 4.53. The van der Waals surface area contributed by atoms with Gasteiger partial charge in [0.25, 0.3) is 0 Å². The number of methoxy groups -OCH3 is 1. The minimum Gasteiger partial charge on any atom is -0.494 e. The molecule has 1 aliphatic heterocycles. The third kappa shape index (κ3) is 3.68. The van der Waals surface area contributed by atoms with Crippen LogP contribution in [0.3, 0.4) is 0 Å². The van der Waals surface area contributed by atoms with Gasteiger partial charge in [-0.05, 0) is 38.5 Å². The highest BCUT2D eigenvalue weighted by atomic mass is 19.1. The fourth-order valence-corrected chi connectivity index (χ4v) is 2.57. The van der Waals surface area contributed by atoms with Crippen LogP contribution in [0.15, 0.2) is 18.2 Å². The van der Waals surface area contributed by atoms with E-state index in [1.165, 1.54) is 13.2 Å². The van der Waals surface area contributed by atoms with Crippen LogP contribution in [0.4, 0.5) is 9.18 Å². The number of nitrogens with zero attached hydrogens (tertiary/aromatic N) is 1. The van der Waals surface area contributed by atoms with Crippen LogP contribution in [0.2, 0.25) is 0 Å². The van der Waals surface area contributed by atoms with Crippen LogP contribution >= 0.6 is 0 Å². The molecule has 1 aromatic carbocycles. The van der Waals surface area contributed by atoms with E-state index in [4.69, 9.17) is 15.2 Å². The first-order valence-electron chi connectivity index (χ1n) is 7.28. The molecule has 0 unspecified atom stereocenters. The highest BCUT2D eigenvalue weighted by molar-refractivity contribution is 5.69. The van der Waals surface area contributed by atoms with Gasteiger partial charge in [-0.2, -0.15) is 0 Å². The lowest BCUT2D eigenvalue weighted by atomic mass is 9.95. The number of carbonyl (C=O) groups excluding carboxylic acids is 1. The van der Waals surface area contributed by atoms with Crippen LogP contribution in [0, 0.1) is 5.82 Å². The first kappa shape index (κ1) is 16.5. The Morgan fingerprint density at radius 2 is 2.05 bits per heavy atom. The maximum atomic E-state index is 13.8. The molecule has 0 spiro atoms. The summed E-state index contributed by atoms with van der Waals surface area (Å²) in [5.41, 5.74) is 6.33. The van der Waals surface area contributed by atoms with Gasteiger partial charge in [0.05, 0.1) is 7.11 Å². The molecule has 0 aromatic heterocycles. The average molecular weight is 310 g/mol. The molecule has 22 heavy (non-hydrogen) atoms. The number of halogens is 1. The molecule has 1 fully saturated rings. The number of hydrogen-bond acceptors (Lipinski definition) is 4. The molecule has 1 heterocycles. The lowest BCUT2D eigenvalue weighted by molar-refractivity contribution is 0.0290. The van der Waals surface area contributed by atoms with Crippen molar-refractivity contribution in [2.75, 3.05) is 20.2 Å². The molecular formula is C16H23FN2O3. The first-order valence-corrected chi connectivity index (χ1v) is 7.28. The Kier molecular flexibility index (Phi) is 4.60. The van der Waals surface area contributed by atoms with Gasteiger partial charge in [0.2, 0.25) is 0 Å². The van der Waals surface area contributed by atoms with Gasteiger partial charge in [-0.25, -0.2) is 9.18 Å². The average Bonchev–Trinajstić information content (AvgIpc) is 2.79. The van der Waals surface area contributed by atoms with Gasteiger partial charge in [-0.3, -0.25) is 0 Å². The number of amides is 1. The summed E-state index contributed by atoms with van der Waals surface area (Å²) < 4.78 is 24.1. The quantitative estimate of drug-likeness (QED) is 0.911. The molecule has 0 aliphatic carbocycles. The van der Waals surface area contributed by atoms with Crippen molar-refractivity contribution in [3.63, 3.8) is 0 Å². The summed E-state index contributed by atoms with van der Waals surface area (Å²) in [7, 11) is 1.42. The minimum atomic E-state index is -0.550. The van der Waals surface area contributed by atoms with E-state index in [1.807, 2.05) is 20.8 Å². The number of ether oxygens (including phenoxy) is 2. The molecule has 1 saturated heterocycles. The second-order valence-corrected chi connectivity index (χ2v) is 6.55. The van der Waals surface area contributed by atoms with Gasteiger partial charge >= 0.3 is 6.09 Å². The summed E-state index contributed by atoms with van der Waals surface area (Å²) in [6.45, 7) is 6.26. The Morgan fingerprint density at radius 1 is 1.36 bits per heavy atom. The van der Waals surface area contributed by atoms with E-state index in [0.29, 0.717) is 13.1 Å². The molecule has 5 nitrogen and oxygen atoms in total. The van der Waals surface area contributed by atoms with Crippen LogP contribution in [0.5, 0.6) is 5.75 Å². The van der Waals surface area contributed by atoms with E-state index in [9.17, 15) is 9.18 Å². The highest BCUT2D eigenvalue weighted by Gasteiger charge is 2.36. The maximum Gasteiger partial charge on any atom is 0.410 e. The summed E-state index contributed by atoms with van der Waals surface area (Å²) in [6.07, 6.45) is -0.389. The summed E-state index contributed by atoms with van der Waals surface area (Å²) in [5.74, 6) is -0.352. The second-order valence-electron chi connectivity index (χ2n) is 6.55. The SMILES string of the molecule is COc1ccc([C@H]2CN(C(=O)OC(C)(C)C)C[C@@H]2N)cc1F. The zero-order valence-corrected chi connectivity index (χ0v) is 13.4. The van der Waals surface area contributed by atoms with Crippen LogP contribution in [-0.2, 0) is 4.74 Å². The number of benzene rings is 1. The topological polar surface area (TPSA) is 64.8 Å². The summed E-state index contributed by atoms with van der Waals surface area (Å²) >= 11 is 0. The molecule has 2 N–H and O–H groups in total. The number of nitrogens with two attached hydrogens (primary N) is 1. The largest absolute Gasteiger partial charge is 0.494 e. The molecule has 1 aromatic rings. The minimum absolute atomic E-state index is 0.118. The van der Waals surface area contributed by atoms with Crippen molar-refractivity contribution in [2.24, 2.45) is 5.73 Å². The Labute approximate surface area is 130 Å². The molecule has 122 valence electrons. The molecule has 2 rings (SSSR count). The third-order valence-electron chi connectivity index (χ3n) is 3.62. The Hall–Kier alpha value is -1.82. The standard InChI is InChI=1S/C16H23FN2O3/c1-16(2,3)22-15(20)19-8-11(13(18)9-19)10-5-6-14(21-4)12(17)7-10/h5-7,11,13H,8-9,18H2,1-4H3/t11-,13+/m1/s1. The van der Waals surface area contributed by atoms with Crippen molar-refractivity contribution in [1.82, 2.24) is 4.90 Å². The van der Waals surface area contributed by atoms with E-state index < -0.39 is 11.4 Å². The Balaban J connectivity index is 2.11. The normalized spacial score (nSPS) is 21.8. The zero-order valence-electron chi connectivity index (χ0n) is 13.4. The molecular weight excluding hydrogens is 287 g/mol. The summed E-state index contributed by atoms with van der Waals surface area (Å²) in [4.78, 5) is 13.7. The van der Waals surface area contributed by atoms with Gasteiger partial charge in [-0.1, -0.05) is 6.07 Å². The molecule has 1 amide bonds. The highest BCUT2D eigenvalue weighted by Crippen LogP contribution is 2.30. The fourth-order valence-electron chi connectivity index (χ4n) is 2.57. The van der Waals surface area contributed by atoms with Gasteiger partial charge in [0.15, 0.2) is 11.6 Å². The maximum absolute atomic E-state index is 13.8. The lowest BCUT2D eigenvalue weighted by Crippen LogP contribution is -2.36. The van der Waals surface area contributed by atoms with Gasteiger partial charge in [0.1, 0.15) is 5.60 Å². The van der Waals surface area contributed by atoms with Gasteiger partial charge in [-0.15, -0.1) is 0 Å². The summed E-state index contributed by atoms with van der Waals surface area (Å²) in [5, 5.41) is 0. The number of likely N-dealkylation sites (tertiary alicyclic amines) is 1. The first-order chi connectivity index (χ1) is 10.2. The van der Waals surface area contributed by atoms with Crippen LogP contribution in [-0.4, -0.2) is 42.8 Å². The van der Waals surface area contributed by atoms with Gasteiger partial charge in [0, 0.05) is 25.0 Å². The molecule has 0 radical (unpaired) electrons. The third-order valence-corrected chi connectivity index (χ3v) is 3.62. The second kappa shape index (κ2) is 6.12. The molecule has 2 atom stereocenters. The van der Waals surface area contributed by atoms with Crippen molar-refractivity contribution < 1.29 is 18.7 Å². The van der Waals surface area contributed by atoms with Crippen LogP contribution in [0.25, 0.3) is 0 Å². The molecule has 0 saturated carbocycles. The van der Waals surface area contributed by atoms with E-state index in [1.54, 1.807) is 17.0 Å². The predicted molar refractivity (Wildman–Crippen MR) is 81.5 cm³/mol. The smallest absolute Gasteiger partial charge is 0.410 e. The van der Waals surface area contributed by atoms with Gasteiger partial charge < -0.3 is 20.1 Å². The number of rotatable bonds is 2. The van der Waals surface area contributed by atoms with Crippen LogP contribution in [0.1, 0.15) is 32.3 Å². The fraction of sp³-hybridized carbons (Fsp3) is 0.562. The van der Waals surface area contributed by atoms with Crippen molar-refractivity contribution >= 4 is 6.09 Å². The Bertz CT molecular complexity index is 557. The lowest BCUT2D eigenvalue weighted by Gasteiger charge is -2.24. The number of hydrogen-bond donors (Lipinski definition) is 1. The van der Waals surface area contributed by atoms with Crippen molar-refractivity contribution in [2.45, 2.75) is 38.3 Å². The molecule has 1 aliphatic rings. The zero-order chi connectivity index (χ0) is 16.5. The van der Waals surface area contributed by atoms with Crippen molar-refractivity contribution in [3.05, 3.63) is 29.6 Å². The van der Waals surface area contributed by atoms with Crippen molar-refractivity contribution in [1.29, 1.82) is 0 Å². The predicted octanol–water partition coefficient (Wildman–Crippen LogP) is 2.50.